The SMILES string of the molecule is Cc1ccc2cccc([O])c2c1. The van der Waals surface area contributed by atoms with Crippen LogP contribution in [-0.2, 0) is 5.11 Å². The van der Waals surface area contributed by atoms with E-state index in [1.54, 1.807) is 12.1 Å². The molecule has 0 spiro atoms. The van der Waals surface area contributed by atoms with Gasteiger partial charge in [0.15, 0.2) is 5.75 Å². The zero-order valence-corrected chi connectivity index (χ0v) is 6.87. The summed E-state index contributed by atoms with van der Waals surface area (Å²) in [5.74, 6) is 0.108. The van der Waals surface area contributed by atoms with Crippen LogP contribution >= 0.6 is 0 Å². The first kappa shape index (κ1) is 7.17. The molecule has 1 radical (unpaired) electrons. The average molecular weight is 157 g/mol. The van der Waals surface area contributed by atoms with Crippen LogP contribution in [0.15, 0.2) is 36.4 Å². The summed E-state index contributed by atoms with van der Waals surface area (Å²) in [6.07, 6.45) is 0. The van der Waals surface area contributed by atoms with Gasteiger partial charge in [0, 0.05) is 5.39 Å². The van der Waals surface area contributed by atoms with Crippen LogP contribution < -0.4 is 0 Å². The van der Waals surface area contributed by atoms with Crippen molar-refractivity contribution in [1.82, 2.24) is 0 Å². The van der Waals surface area contributed by atoms with Crippen LogP contribution in [0, 0.1) is 6.92 Å². The summed E-state index contributed by atoms with van der Waals surface area (Å²) in [5.41, 5.74) is 1.13. The maximum atomic E-state index is 11.3. The van der Waals surface area contributed by atoms with Crippen molar-refractivity contribution in [2.75, 3.05) is 0 Å². The fourth-order valence-corrected chi connectivity index (χ4v) is 1.36. The van der Waals surface area contributed by atoms with Crippen LogP contribution in [0.4, 0.5) is 0 Å². The van der Waals surface area contributed by atoms with Crippen LogP contribution in [0.2, 0.25) is 0 Å². The van der Waals surface area contributed by atoms with E-state index in [9.17, 15) is 5.11 Å². The smallest absolute Gasteiger partial charge is 0.186 e. The average Bonchev–Trinajstić information content (AvgIpc) is 2.07. The topological polar surface area (TPSA) is 19.9 Å². The minimum atomic E-state index is 0.108. The normalized spacial score (nSPS) is 10.4. The number of rotatable bonds is 0. The number of hydrogen-bond donors (Lipinski definition) is 0. The van der Waals surface area contributed by atoms with Crippen molar-refractivity contribution in [3.63, 3.8) is 0 Å². The second-order valence-corrected chi connectivity index (χ2v) is 2.98. The molecule has 0 saturated carbocycles. The van der Waals surface area contributed by atoms with Crippen LogP contribution in [0.5, 0.6) is 5.75 Å². The molecule has 0 N–H and O–H groups in total. The van der Waals surface area contributed by atoms with Gasteiger partial charge in [-0.25, -0.2) is 0 Å². The highest BCUT2D eigenvalue weighted by atomic mass is 16.3. The highest BCUT2D eigenvalue weighted by Crippen LogP contribution is 2.25. The quantitative estimate of drug-likeness (QED) is 0.559. The van der Waals surface area contributed by atoms with Crippen molar-refractivity contribution in [2.45, 2.75) is 6.92 Å². The molecule has 59 valence electrons. The standard InChI is InChI=1S/C11H9O/c1-8-5-6-9-3-2-4-11(12)10(9)7-8/h2-7H,1H3. The van der Waals surface area contributed by atoms with Gasteiger partial charge < -0.3 is 0 Å². The molecule has 0 aliphatic rings. The summed E-state index contributed by atoms with van der Waals surface area (Å²) in [7, 11) is 0. The molecule has 0 aliphatic heterocycles. The molecular weight excluding hydrogens is 148 g/mol. The van der Waals surface area contributed by atoms with Crippen LogP contribution in [-0.4, -0.2) is 0 Å². The second kappa shape index (κ2) is 2.52. The summed E-state index contributed by atoms with van der Waals surface area (Å²) in [5, 5.41) is 13.2. The molecule has 12 heavy (non-hydrogen) atoms. The Bertz CT molecular complexity index is 418. The van der Waals surface area contributed by atoms with E-state index in [2.05, 4.69) is 0 Å². The Morgan fingerprint density at radius 2 is 1.92 bits per heavy atom. The Balaban J connectivity index is 2.88. The van der Waals surface area contributed by atoms with Crippen molar-refractivity contribution >= 4 is 10.8 Å². The van der Waals surface area contributed by atoms with Gasteiger partial charge in [-0.05, 0) is 24.4 Å². The monoisotopic (exact) mass is 157 g/mol. The van der Waals surface area contributed by atoms with Crippen molar-refractivity contribution in [3.05, 3.63) is 42.0 Å². The van der Waals surface area contributed by atoms with Crippen LogP contribution in [0.25, 0.3) is 10.8 Å². The molecule has 0 aromatic heterocycles. The Kier molecular flexibility index (Phi) is 1.51. The third-order valence-electron chi connectivity index (χ3n) is 2.00. The first-order chi connectivity index (χ1) is 5.77. The van der Waals surface area contributed by atoms with Gasteiger partial charge in [0.05, 0.1) is 0 Å². The lowest BCUT2D eigenvalue weighted by atomic mass is 10.1. The minimum Gasteiger partial charge on any atom is -0.289 e. The van der Waals surface area contributed by atoms with E-state index in [4.69, 9.17) is 0 Å². The highest BCUT2D eigenvalue weighted by molar-refractivity contribution is 5.88. The predicted molar refractivity (Wildman–Crippen MR) is 48.8 cm³/mol. The third kappa shape index (κ3) is 1.03. The number of aryl methyl sites for hydroxylation is 1. The summed E-state index contributed by atoms with van der Waals surface area (Å²) >= 11 is 0. The fraction of sp³-hybridized carbons (Fsp3) is 0.0909. The third-order valence-corrected chi connectivity index (χ3v) is 2.00. The van der Waals surface area contributed by atoms with Gasteiger partial charge in [-0.1, -0.05) is 29.8 Å². The van der Waals surface area contributed by atoms with Crippen molar-refractivity contribution in [1.29, 1.82) is 0 Å². The van der Waals surface area contributed by atoms with E-state index in [0.29, 0.717) is 0 Å². The van der Waals surface area contributed by atoms with Crippen molar-refractivity contribution in [3.8, 4) is 5.75 Å². The van der Waals surface area contributed by atoms with Gasteiger partial charge in [-0.2, -0.15) is 0 Å². The maximum Gasteiger partial charge on any atom is 0.186 e. The lowest BCUT2D eigenvalue weighted by Gasteiger charge is -1.98. The van der Waals surface area contributed by atoms with Gasteiger partial charge in [0.2, 0.25) is 0 Å². The summed E-state index contributed by atoms with van der Waals surface area (Å²) in [6.45, 7) is 1.99. The van der Waals surface area contributed by atoms with Crippen molar-refractivity contribution < 1.29 is 5.11 Å². The molecule has 0 atom stereocenters. The summed E-state index contributed by atoms with van der Waals surface area (Å²) in [6, 6.07) is 11.3. The van der Waals surface area contributed by atoms with E-state index < -0.39 is 0 Å². The summed E-state index contributed by atoms with van der Waals surface area (Å²) in [4.78, 5) is 0. The van der Waals surface area contributed by atoms with Gasteiger partial charge in [0.1, 0.15) is 0 Å². The van der Waals surface area contributed by atoms with Gasteiger partial charge in [-0.15, -0.1) is 0 Å². The van der Waals surface area contributed by atoms with Gasteiger partial charge in [0.25, 0.3) is 0 Å². The minimum absolute atomic E-state index is 0.108. The van der Waals surface area contributed by atoms with E-state index in [0.717, 1.165) is 16.3 Å². The first-order valence-electron chi connectivity index (χ1n) is 3.94. The first-order valence-corrected chi connectivity index (χ1v) is 3.94. The molecule has 2 aromatic rings. The molecule has 0 heterocycles. The van der Waals surface area contributed by atoms with Crippen LogP contribution in [0.3, 0.4) is 0 Å². The molecule has 0 bridgehead atoms. The molecule has 0 unspecified atom stereocenters. The number of fused-ring (bicyclic) bond motifs is 1. The van der Waals surface area contributed by atoms with E-state index >= 15 is 0 Å². The Morgan fingerprint density at radius 3 is 2.75 bits per heavy atom. The largest absolute Gasteiger partial charge is 0.289 e. The molecule has 0 amide bonds. The summed E-state index contributed by atoms with van der Waals surface area (Å²) < 4.78 is 0. The van der Waals surface area contributed by atoms with Crippen LogP contribution in [0.1, 0.15) is 5.56 Å². The van der Waals surface area contributed by atoms with E-state index in [1.807, 2.05) is 31.2 Å². The van der Waals surface area contributed by atoms with Gasteiger partial charge in [-0.3, -0.25) is 5.11 Å². The molecule has 1 nitrogen and oxygen atoms in total. The number of hydrogen-bond acceptors (Lipinski definition) is 0. The maximum absolute atomic E-state index is 11.3. The molecule has 2 aromatic carbocycles. The lowest BCUT2D eigenvalue weighted by molar-refractivity contribution is 0.360. The van der Waals surface area contributed by atoms with E-state index in [-0.39, 0.29) is 5.75 Å². The molecular formula is C11H9O. The number of benzene rings is 2. The van der Waals surface area contributed by atoms with E-state index in [1.165, 1.54) is 0 Å². The molecule has 0 aliphatic carbocycles. The molecule has 0 fully saturated rings. The van der Waals surface area contributed by atoms with Gasteiger partial charge >= 0.3 is 0 Å². The zero-order valence-electron chi connectivity index (χ0n) is 6.87. The van der Waals surface area contributed by atoms with Crippen molar-refractivity contribution in [2.24, 2.45) is 0 Å². The lowest BCUT2D eigenvalue weighted by Crippen LogP contribution is -1.74. The Morgan fingerprint density at radius 1 is 1.08 bits per heavy atom. The second-order valence-electron chi connectivity index (χ2n) is 2.98. The predicted octanol–water partition coefficient (Wildman–Crippen LogP) is 3.29. The highest BCUT2D eigenvalue weighted by Gasteiger charge is 1.99. The Labute approximate surface area is 71.3 Å². The molecule has 2 rings (SSSR count). The zero-order chi connectivity index (χ0) is 8.55. The molecule has 0 saturated heterocycles. The molecule has 1 heteroatoms. The Hall–Kier alpha value is -1.50. The fourth-order valence-electron chi connectivity index (χ4n) is 1.36.